The van der Waals surface area contributed by atoms with Crippen molar-refractivity contribution in [3.8, 4) is 0 Å². The van der Waals surface area contributed by atoms with Crippen molar-refractivity contribution in [2.24, 2.45) is 5.73 Å². The van der Waals surface area contributed by atoms with E-state index in [1.165, 1.54) is 5.56 Å². The molecule has 0 saturated heterocycles. The SMILES string of the molecule is Cc1ccc(CC(=N)N)cc1. The van der Waals surface area contributed by atoms with Crippen molar-refractivity contribution in [1.82, 2.24) is 0 Å². The van der Waals surface area contributed by atoms with Crippen LogP contribution in [0.15, 0.2) is 24.3 Å². The zero-order valence-corrected chi connectivity index (χ0v) is 6.59. The summed E-state index contributed by atoms with van der Waals surface area (Å²) in [6, 6.07) is 8.05. The lowest BCUT2D eigenvalue weighted by molar-refractivity contribution is 1.24. The van der Waals surface area contributed by atoms with Gasteiger partial charge in [0, 0.05) is 6.42 Å². The molecule has 0 aromatic heterocycles. The fourth-order valence-electron chi connectivity index (χ4n) is 0.926. The Hall–Kier alpha value is -1.31. The number of amidine groups is 1. The lowest BCUT2D eigenvalue weighted by atomic mass is 10.1. The average Bonchev–Trinajstić information content (AvgIpc) is 1.93. The number of nitrogens with one attached hydrogen (secondary N) is 1. The van der Waals surface area contributed by atoms with Crippen LogP contribution in [0.1, 0.15) is 11.1 Å². The molecule has 58 valence electrons. The van der Waals surface area contributed by atoms with E-state index in [-0.39, 0.29) is 5.84 Å². The highest BCUT2D eigenvalue weighted by molar-refractivity contribution is 5.79. The van der Waals surface area contributed by atoms with Crippen molar-refractivity contribution in [3.05, 3.63) is 35.4 Å². The minimum absolute atomic E-state index is 0.217. The van der Waals surface area contributed by atoms with E-state index < -0.39 is 0 Å². The van der Waals surface area contributed by atoms with Gasteiger partial charge in [0.25, 0.3) is 0 Å². The van der Waals surface area contributed by atoms with Crippen LogP contribution in [-0.4, -0.2) is 5.84 Å². The first-order chi connectivity index (χ1) is 5.18. The number of rotatable bonds is 2. The van der Waals surface area contributed by atoms with Crippen molar-refractivity contribution < 1.29 is 0 Å². The Kier molecular flexibility index (Phi) is 2.26. The molecule has 0 heterocycles. The molecule has 0 amide bonds. The molecule has 1 aromatic carbocycles. The summed E-state index contributed by atoms with van der Waals surface area (Å²) < 4.78 is 0. The second kappa shape index (κ2) is 3.19. The van der Waals surface area contributed by atoms with Crippen LogP contribution in [0.25, 0.3) is 0 Å². The summed E-state index contributed by atoms with van der Waals surface area (Å²) in [5.41, 5.74) is 7.58. The molecule has 0 saturated carbocycles. The number of hydrogen-bond acceptors (Lipinski definition) is 1. The van der Waals surface area contributed by atoms with Gasteiger partial charge in [-0.1, -0.05) is 29.8 Å². The predicted molar refractivity (Wildman–Crippen MR) is 46.8 cm³/mol. The van der Waals surface area contributed by atoms with Gasteiger partial charge >= 0.3 is 0 Å². The molecule has 1 aromatic rings. The largest absolute Gasteiger partial charge is 0.387 e. The van der Waals surface area contributed by atoms with Gasteiger partial charge in [0.2, 0.25) is 0 Å². The molecule has 0 fully saturated rings. The summed E-state index contributed by atoms with van der Waals surface area (Å²) >= 11 is 0. The van der Waals surface area contributed by atoms with Crippen LogP contribution in [0.2, 0.25) is 0 Å². The number of benzene rings is 1. The van der Waals surface area contributed by atoms with Crippen molar-refractivity contribution in [3.63, 3.8) is 0 Å². The van der Waals surface area contributed by atoms with Crippen molar-refractivity contribution in [1.29, 1.82) is 5.41 Å². The summed E-state index contributed by atoms with van der Waals surface area (Å²) in [4.78, 5) is 0. The average molecular weight is 148 g/mol. The zero-order valence-electron chi connectivity index (χ0n) is 6.59. The van der Waals surface area contributed by atoms with E-state index in [1.807, 2.05) is 31.2 Å². The molecule has 2 heteroatoms. The third-order valence-electron chi connectivity index (χ3n) is 1.52. The molecule has 0 spiro atoms. The fraction of sp³-hybridized carbons (Fsp3) is 0.222. The number of hydrogen-bond donors (Lipinski definition) is 2. The van der Waals surface area contributed by atoms with Gasteiger partial charge < -0.3 is 5.73 Å². The van der Waals surface area contributed by atoms with Crippen LogP contribution in [0, 0.1) is 12.3 Å². The van der Waals surface area contributed by atoms with E-state index in [0.717, 1.165) is 5.56 Å². The number of aryl methyl sites for hydroxylation is 1. The van der Waals surface area contributed by atoms with Crippen LogP contribution in [-0.2, 0) is 6.42 Å². The maximum atomic E-state index is 7.06. The molecular formula is C9H12N2. The molecule has 0 unspecified atom stereocenters. The van der Waals surface area contributed by atoms with E-state index in [1.54, 1.807) is 0 Å². The van der Waals surface area contributed by atoms with Crippen molar-refractivity contribution in [2.45, 2.75) is 13.3 Å². The second-order valence-electron chi connectivity index (χ2n) is 2.69. The maximum absolute atomic E-state index is 7.06. The van der Waals surface area contributed by atoms with Crippen LogP contribution in [0.3, 0.4) is 0 Å². The highest BCUT2D eigenvalue weighted by Crippen LogP contribution is 2.02. The normalized spacial score (nSPS) is 9.55. The first-order valence-corrected chi connectivity index (χ1v) is 3.57. The Morgan fingerprint density at radius 3 is 2.36 bits per heavy atom. The topological polar surface area (TPSA) is 49.9 Å². The molecule has 0 aliphatic rings. The third-order valence-corrected chi connectivity index (χ3v) is 1.52. The number of nitrogens with two attached hydrogens (primary N) is 1. The molecule has 2 nitrogen and oxygen atoms in total. The van der Waals surface area contributed by atoms with Gasteiger partial charge in [-0.2, -0.15) is 0 Å². The standard InChI is InChI=1S/C9H12N2/c1-7-2-4-8(5-3-7)6-9(10)11/h2-5H,6H2,1H3,(H3,10,11). The van der Waals surface area contributed by atoms with E-state index in [4.69, 9.17) is 11.1 Å². The summed E-state index contributed by atoms with van der Waals surface area (Å²) in [7, 11) is 0. The lowest BCUT2D eigenvalue weighted by Gasteiger charge is -1.98. The summed E-state index contributed by atoms with van der Waals surface area (Å²) in [6.45, 7) is 2.04. The second-order valence-corrected chi connectivity index (χ2v) is 2.69. The molecule has 0 atom stereocenters. The first kappa shape index (κ1) is 7.79. The van der Waals surface area contributed by atoms with E-state index in [0.29, 0.717) is 6.42 Å². The van der Waals surface area contributed by atoms with Crippen LogP contribution < -0.4 is 5.73 Å². The van der Waals surface area contributed by atoms with Gasteiger partial charge in [-0.05, 0) is 12.5 Å². The maximum Gasteiger partial charge on any atom is 0.0950 e. The molecule has 3 N–H and O–H groups in total. The fourth-order valence-corrected chi connectivity index (χ4v) is 0.926. The van der Waals surface area contributed by atoms with Crippen molar-refractivity contribution in [2.75, 3.05) is 0 Å². The Morgan fingerprint density at radius 2 is 1.91 bits per heavy atom. The summed E-state index contributed by atoms with van der Waals surface area (Å²) in [5, 5.41) is 7.06. The molecule has 0 aliphatic heterocycles. The molecule has 11 heavy (non-hydrogen) atoms. The Labute approximate surface area is 66.6 Å². The summed E-state index contributed by atoms with van der Waals surface area (Å²) in [6.07, 6.45) is 0.556. The van der Waals surface area contributed by atoms with Gasteiger partial charge in [0.05, 0.1) is 5.84 Å². The molecule has 0 aliphatic carbocycles. The van der Waals surface area contributed by atoms with Crippen LogP contribution in [0.5, 0.6) is 0 Å². The van der Waals surface area contributed by atoms with Crippen molar-refractivity contribution >= 4 is 5.84 Å². The minimum Gasteiger partial charge on any atom is -0.387 e. The molecule has 1 rings (SSSR count). The summed E-state index contributed by atoms with van der Waals surface area (Å²) in [5.74, 6) is 0.217. The monoisotopic (exact) mass is 148 g/mol. The van der Waals surface area contributed by atoms with Gasteiger partial charge in [-0.15, -0.1) is 0 Å². The van der Waals surface area contributed by atoms with E-state index in [2.05, 4.69) is 0 Å². The van der Waals surface area contributed by atoms with Gasteiger partial charge in [0.1, 0.15) is 0 Å². The quantitative estimate of drug-likeness (QED) is 0.484. The van der Waals surface area contributed by atoms with E-state index in [9.17, 15) is 0 Å². The van der Waals surface area contributed by atoms with Gasteiger partial charge in [-0.3, -0.25) is 5.41 Å². The highest BCUT2D eigenvalue weighted by Gasteiger charge is 1.92. The zero-order chi connectivity index (χ0) is 8.27. The molecular weight excluding hydrogens is 136 g/mol. The Bertz CT molecular complexity index is 249. The first-order valence-electron chi connectivity index (χ1n) is 3.57. The molecule has 0 bridgehead atoms. The minimum atomic E-state index is 0.217. The van der Waals surface area contributed by atoms with Gasteiger partial charge in [-0.25, -0.2) is 0 Å². The predicted octanol–water partition coefficient (Wildman–Crippen LogP) is 1.47. The van der Waals surface area contributed by atoms with Crippen LogP contribution >= 0.6 is 0 Å². The van der Waals surface area contributed by atoms with Crippen LogP contribution in [0.4, 0.5) is 0 Å². The molecule has 0 radical (unpaired) electrons. The van der Waals surface area contributed by atoms with E-state index >= 15 is 0 Å². The smallest absolute Gasteiger partial charge is 0.0950 e. The Balaban J connectivity index is 2.74. The highest BCUT2D eigenvalue weighted by atomic mass is 14.7. The van der Waals surface area contributed by atoms with Gasteiger partial charge in [0.15, 0.2) is 0 Å². The lowest BCUT2D eigenvalue weighted by Crippen LogP contribution is -2.12. The Morgan fingerprint density at radius 1 is 1.36 bits per heavy atom. The third kappa shape index (κ3) is 2.42.